The third-order valence-electron chi connectivity index (χ3n) is 2.78. The second-order valence-corrected chi connectivity index (χ2v) is 6.09. The quantitative estimate of drug-likeness (QED) is 0.537. The molecular formula is C11H23N7O2S. The van der Waals surface area contributed by atoms with Crippen LogP contribution in [0.1, 0.15) is 20.3 Å². The minimum atomic E-state index is -3.43. The van der Waals surface area contributed by atoms with Crippen molar-refractivity contribution in [1.29, 1.82) is 0 Å². The van der Waals surface area contributed by atoms with Gasteiger partial charge in [0.05, 0.1) is 5.75 Å². The highest BCUT2D eigenvalue weighted by molar-refractivity contribution is 7.89. The average molecular weight is 317 g/mol. The van der Waals surface area contributed by atoms with Gasteiger partial charge < -0.3 is 15.5 Å². The molecule has 0 aliphatic rings. The number of sulfonamides is 1. The molecule has 0 bridgehead atoms. The first-order valence-corrected chi connectivity index (χ1v) is 8.54. The summed E-state index contributed by atoms with van der Waals surface area (Å²) in [5, 5.41) is 10.8. The third-order valence-corrected chi connectivity index (χ3v) is 3.64. The molecule has 10 heteroatoms. The van der Waals surface area contributed by atoms with Gasteiger partial charge in [0.1, 0.15) is 0 Å². The summed E-state index contributed by atoms with van der Waals surface area (Å²) < 4.78 is 21.7. The Labute approximate surface area is 125 Å². The van der Waals surface area contributed by atoms with Crippen molar-refractivity contribution >= 4 is 27.9 Å². The predicted molar refractivity (Wildman–Crippen MR) is 84.0 cm³/mol. The van der Waals surface area contributed by atoms with Crippen LogP contribution in [0.5, 0.6) is 0 Å². The minimum absolute atomic E-state index is 0.0765. The number of hydrogen-bond donors (Lipinski definition) is 3. The lowest BCUT2D eigenvalue weighted by Gasteiger charge is -2.19. The molecule has 9 nitrogen and oxygen atoms in total. The minimum Gasteiger partial charge on any atom is -0.357 e. The van der Waals surface area contributed by atoms with Crippen LogP contribution in [0.25, 0.3) is 0 Å². The molecule has 0 fully saturated rings. The second kappa shape index (κ2) is 7.93. The van der Waals surface area contributed by atoms with E-state index in [1.807, 2.05) is 18.7 Å². The summed E-state index contributed by atoms with van der Waals surface area (Å²) in [6.07, 6.45) is 0.389. The van der Waals surface area contributed by atoms with E-state index in [1.165, 1.54) is 0 Å². The number of nitrogens with zero attached hydrogens (tertiary/aromatic N) is 4. The molecule has 0 saturated carbocycles. The van der Waals surface area contributed by atoms with Crippen molar-refractivity contribution in [2.75, 3.05) is 48.0 Å². The second-order valence-electron chi connectivity index (χ2n) is 4.35. The first kappa shape index (κ1) is 17.4. The summed E-state index contributed by atoms with van der Waals surface area (Å²) in [6, 6.07) is 0. The molecule has 4 N–H and O–H groups in total. The Balaban J connectivity index is 2.75. The van der Waals surface area contributed by atoms with Crippen LogP contribution in [0.3, 0.4) is 0 Å². The van der Waals surface area contributed by atoms with Crippen LogP contribution in [0, 0.1) is 0 Å². The number of hydrogen-bond acceptors (Lipinski definition) is 8. The third kappa shape index (κ3) is 6.08. The first-order valence-electron chi connectivity index (χ1n) is 6.82. The summed E-state index contributed by atoms with van der Waals surface area (Å²) in [6.45, 7) is 6.03. The average Bonchev–Trinajstić information content (AvgIpc) is 2.44. The SMILES string of the molecule is CCN(CC)c1nc(NC)nc(NCCCS(N)(=O)=O)n1. The molecule has 0 saturated heterocycles. The molecular weight excluding hydrogens is 294 g/mol. The predicted octanol–water partition coefficient (Wildman–Crippen LogP) is -0.150. The molecule has 120 valence electrons. The van der Waals surface area contributed by atoms with Gasteiger partial charge in [-0.1, -0.05) is 0 Å². The summed E-state index contributed by atoms with van der Waals surface area (Å²) in [4.78, 5) is 14.8. The van der Waals surface area contributed by atoms with Gasteiger partial charge in [-0.25, -0.2) is 13.6 Å². The lowest BCUT2D eigenvalue weighted by atomic mass is 10.5. The van der Waals surface area contributed by atoms with Crippen molar-refractivity contribution in [2.24, 2.45) is 5.14 Å². The Morgan fingerprint density at radius 3 is 2.29 bits per heavy atom. The number of rotatable bonds is 9. The van der Waals surface area contributed by atoms with E-state index >= 15 is 0 Å². The van der Waals surface area contributed by atoms with Gasteiger partial charge in [-0.3, -0.25) is 0 Å². The number of nitrogens with two attached hydrogens (primary N) is 1. The largest absolute Gasteiger partial charge is 0.357 e. The van der Waals surface area contributed by atoms with Crippen molar-refractivity contribution < 1.29 is 8.42 Å². The molecule has 1 rings (SSSR count). The van der Waals surface area contributed by atoms with Gasteiger partial charge in [0.15, 0.2) is 0 Å². The van der Waals surface area contributed by atoms with E-state index in [0.29, 0.717) is 30.8 Å². The van der Waals surface area contributed by atoms with Gasteiger partial charge in [-0.15, -0.1) is 0 Å². The lowest BCUT2D eigenvalue weighted by Crippen LogP contribution is -2.25. The fourth-order valence-electron chi connectivity index (χ4n) is 1.68. The molecule has 21 heavy (non-hydrogen) atoms. The highest BCUT2D eigenvalue weighted by atomic mass is 32.2. The molecule has 0 unspecified atom stereocenters. The monoisotopic (exact) mass is 317 g/mol. The van der Waals surface area contributed by atoms with Crippen LogP contribution in [0.15, 0.2) is 0 Å². The van der Waals surface area contributed by atoms with Crippen molar-refractivity contribution in [2.45, 2.75) is 20.3 Å². The van der Waals surface area contributed by atoms with Crippen LogP contribution in [0.2, 0.25) is 0 Å². The Bertz CT molecular complexity index is 546. The van der Waals surface area contributed by atoms with Gasteiger partial charge >= 0.3 is 0 Å². The smallest absolute Gasteiger partial charge is 0.231 e. The van der Waals surface area contributed by atoms with E-state index in [1.54, 1.807) is 7.05 Å². The van der Waals surface area contributed by atoms with Crippen molar-refractivity contribution in [3.05, 3.63) is 0 Å². The van der Waals surface area contributed by atoms with E-state index in [9.17, 15) is 8.42 Å². The highest BCUT2D eigenvalue weighted by Gasteiger charge is 2.10. The Hall–Kier alpha value is -1.68. The zero-order valence-corrected chi connectivity index (χ0v) is 13.4. The number of aromatic nitrogens is 3. The van der Waals surface area contributed by atoms with Crippen LogP contribution in [-0.2, 0) is 10.0 Å². The van der Waals surface area contributed by atoms with E-state index < -0.39 is 10.0 Å². The normalized spacial score (nSPS) is 11.2. The summed E-state index contributed by atoms with van der Waals surface area (Å²) >= 11 is 0. The van der Waals surface area contributed by atoms with Gasteiger partial charge in [-0.2, -0.15) is 15.0 Å². The van der Waals surface area contributed by atoms with Crippen molar-refractivity contribution in [1.82, 2.24) is 15.0 Å². The summed E-state index contributed by atoms with van der Waals surface area (Å²) in [5.74, 6) is 1.37. The van der Waals surface area contributed by atoms with Crippen LogP contribution in [-0.4, -0.2) is 55.8 Å². The molecule has 0 spiro atoms. The van der Waals surface area contributed by atoms with E-state index in [2.05, 4.69) is 25.6 Å². The lowest BCUT2D eigenvalue weighted by molar-refractivity contribution is 0.595. The number of nitrogens with one attached hydrogen (secondary N) is 2. The number of primary sulfonamides is 1. The molecule has 0 aliphatic carbocycles. The Kier molecular flexibility index (Phi) is 6.56. The first-order chi connectivity index (χ1) is 9.89. The van der Waals surface area contributed by atoms with E-state index in [0.717, 1.165) is 13.1 Å². The summed E-state index contributed by atoms with van der Waals surface area (Å²) in [5.41, 5.74) is 0. The zero-order chi connectivity index (χ0) is 15.9. The maximum absolute atomic E-state index is 10.9. The fraction of sp³-hybridized carbons (Fsp3) is 0.727. The van der Waals surface area contributed by atoms with Crippen LogP contribution in [0.4, 0.5) is 17.8 Å². The van der Waals surface area contributed by atoms with E-state index in [-0.39, 0.29) is 5.75 Å². The Morgan fingerprint density at radius 1 is 1.14 bits per heavy atom. The van der Waals surface area contributed by atoms with Crippen LogP contribution >= 0.6 is 0 Å². The van der Waals surface area contributed by atoms with Crippen LogP contribution < -0.4 is 20.7 Å². The molecule has 0 atom stereocenters. The Morgan fingerprint density at radius 2 is 1.76 bits per heavy atom. The molecule has 0 aromatic carbocycles. The van der Waals surface area contributed by atoms with E-state index in [4.69, 9.17) is 5.14 Å². The van der Waals surface area contributed by atoms with Gasteiger partial charge in [-0.05, 0) is 20.3 Å². The topological polar surface area (TPSA) is 126 Å². The number of anilines is 3. The van der Waals surface area contributed by atoms with Crippen molar-refractivity contribution in [3.8, 4) is 0 Å². The molecule has 0 amide bonds. The standard InChI is InChI=1S/C11H23N7O2S/c1-4-18(5-2)11-16-9(13-3)15-10(17-11)14-7-6-8-21(12,19)20/h4-8H2,1-3H3,(H2,12,19,20)(H2,13,14,15,16,17). The van der Waals surface area contributed by atoms with Gasteiger partial charge in [0.2, 0.25) is 27.9 Å². The maximum Gasteiger partial charge on any atom is 0.231 e. The molecule has 1 aromatic heterocycles. The highest BCUT2D eigenvalue weighted by Crippen LogP contribution is 2.13. The molecule has 0 radical (unpaired) electrons. The fourth-order valence-corrected chi connectivity index (χ4v) is 2.22. The molecule has 1 aromatic rings. The summed E-state index contributed by atoms with van der Waals surface area (Å²) in [7, 11) is -1.71. The zero-order valence-electron chi connectivity index (χ0n) is 12.6. The van der Waals surface area contributed by atoms with Crippen molar-refractivity contribution in [3.63, 3.8) is 0 Å². The molecule has 1 heterocycles. The van der Waals surface area contributed by atoms with Gasteiger partial charge in [0, 0.05) is 26.7 Å². The maximum atomic E-state index is 10.9. The molecule has 0 aliphatic heterocycles. The van der Waals surface area contributed by atoms with Gasteiger partial charge in [0.25, 0.3) is 0 Å².